The van der Waals surface area contributed by atoms with E-state index in [1.807, 2.05) is 334 Å². The molecule has 0 aliphatic heterocycles. The molecule has 0 aliphatic rings. The minimum Gasteiger partial charge on any atom is -0.521 e. The molecule has 0 radical (unpaired) electrons. The van der Waals surface area contributed by atoms with Crippen molar-refractivity contribution in [2.75, 3.05) is 0 Å². The van der Waals surface area contributed by atoms with Crippen LogP contribution in [-0.4, -0.2) is 49.8 Å². The van der Waals surface area contributed by atoms with E-state index in [0.717, 1.165) is 124 Å². The Hall–Kier alpha value is -13.3. The Labute approximate surface area is 839 Å². The maximum atomic E-state index is 5.65. The van der Waals surface area contributed by atoms with Crippen molar-refractivity contribution in [1.29, 1.82) is 0 Å². The molecular formula is C118H104N10Ni5. The second-order valence-corrected chi connectivity index (χ2v) is 31.2. The molecule has 18 rings (SSSR count). The largest absolute Gasteiger partial charge is 2.00 e. The molecule has 0 spiro atoms. The molecule has 0 unspecified atom stereocenters. The minimum atomic E-state index is 0. The molecule has 133 heavy (non-hydrogen) atoms. The molecule has 10 aromatic heterocycles. The Kier molecular flexibility index (Phi) is 51.7. The van der Waals surface area contributed by atoms with Gasteiger partial charge >= 0.3 is 82.5 Å². The SMILES string of the molecule is [CH-]=C.[CH-]=CC(C)(C)C.[CH-]=Cc1cc(C(C)(C)C)cc(C(C)(C)C)c1.[CH-]=Cc1ccccc1.[Ni+2].[Ni+2].[Ni+2].[Ni+2].[Ni+2].[c-]1c(-c2ccccn2)cccc1-c1ccccn1.[c-]1c(-c2ccccn2)cccc1-c1ccccn1.[c-]1c(-c2ccccn2)cccc1-c1ccccn1.[c-]1c(-c2ccccn2)cccc1-c1ccccn1.[c-]1c(-c2ccccn2)cccc1-c1ccccn1.[c-]1ccccc1. The van der Waals surface area contributed by atoms with E-state index in [1.54, 1.807) is 80.2 Å². The van der Waals surface area contributed by atoms with Gasteiger partial charge in [-0.05, 0) is 71.5 Å². The molecule has 0 aliphatic carbocycles. The first-order chi connectivity index (χ1) is 62.3. The topological polar surface area (TPSA) is 129 Å². The molecule has 18 aromatic rings. The molecule has 10 heterocycles. The van der Waals surface area contributed by atoms with Crippen LogP contribution in [0.5, 0.6) is 0 Å². The van der Waals surface area contributed by atoms with E-state index in [-0.39, 0.29) is 98.7 Å². The molecule has 0 amide bonds. The second-order valence-electron chi connectivity index (χ2n) is 31.2. The van der Waals surface area contributed by atoms with E-state index in [2.05, 4.69) is 180 Å². The van der Waals surface area contributed by atoms with Crippen LogP contribution in [0.15, 0.2) is 426 Å². The smallest absolute Gasteiger partial charge is 0.521 e. The van der Waals surface area contributed by atoms with Crippen molar-refractivity contribution in [3.63, 3.8) is 0 Å². The van der Waals surface area contributed by atoms with Crippen molar-refractivity contribution in [2.24, 2.45) is 5.41 Å². The van der Waals surface area contributed by atoms with Crippen molar-refractivity contribution >= 4 is 12.2 Å². The van der Waals surface area contributed by atoms with E-state index >= 15 is 0 Å². The van der Waals surface area contributed by atoms with Crippen LogP contribution in [0.25, 0.3) is 125 Å². The molecular weight excluding hydrogens is 1850 g/mol. The normalized spacial score (nSPS) is 9.84. The summed E-state index contributed by atoms with van der Waals surface area (Å²) in [5.41, 5.74) is 24.5. The summed E-state index contributed by atoms with van der Waals surface area (Å²) in [4.78, 5) is 43.3. The minimum absolute atomic E-state index is 0. The van der Waals surface area contributed by atoms with E-state index in [9.17, 15) is 0 Å². The zero-order valence-corrected chi connectivity index (χ0v) is 80.5. The Bertz CT molecular complexity index is 5170. The molecule has 676 valence electrons. The van der Waals surface area contributed by atoms with Crippen molar-refractivity contribution in [3.05, 3.63) is 511 Å². The van der Waals surface area contributed by atoms with Gasteiger partial charge < -0.3 is 13.2 Å². The number of nitrogens with zero attached hydrogens (tertiary/aromatic N) is 10. The maximum Gasteiger partial charge on any atom is 2.00 e. The molecule has 15 heteroatoms. The fourth-order valence-corrected chi connectivity index (χ4v) is 11.6. The number of rotatable bonds is 12. The number of hydrogen-bond acceptors (Lipinski definition) is 10. The van der Waals surface area contributed by atoms with E-state index in [4.69, 9.17) is 19.7 Å². The van der Waals surface area contributed by atoms with Gasteiger partial charge in [0.15, 0.2) is 0 Å². The first-order valence-corrected chi connectivity index (χ1v) is 41.8. The van der Waals surface area contributed by atoms with E-state index in [0.29, 0.717) is 0 Å². The zero-order chi connectivity index (χ0) is 90.9. The third kappa shape index (κ3) is 39.7. The molecule has 0 saturated heterocycles. The summed E-state index contributed by atoms with van der Waals surface area (Å²) in [6.07, 6.45) is 22.8. The van der Waals surface area contributed by atoms with Crippen LogP contribution in [0.1, 0.15) is 84.6 Å². The quantitative estimate of drug-likeness (QED) is 0.0861. The Morgan fingerprint density at radius 1 is 0.218 bits per heavy atom. The summed E-state index contributed by atoms with van der Waals surface area (Å²) in [7, 11) is 0. The molecule has 8 aromatic carbocycles. The summed E-state index contributed by atoms with van der Waals surface area (Å²) in [6.45, 7) is 42.6. The molecule has 0 atom stereocenters. The number of benzene rings is 8. The number of allylic oxidation sites excluding steroid dienone is 1. The van der Waals surface area contributed by atoms with Crippen LogP contribution in [0, 0.1) is 68.1 Å². The van der Waals surface area contributed by atoms with Crippen LogP contribution in [0.4, 0.5) is 0 Å². The van der Waals surface area contributed by atoms with E-state index < -0.39 is 0 Å². The molecule has 0 fully saturated rings. The number of hydrogen-bond donors (Lipinski definition) is 0. The van der Waals surface area contributed by atoms with Crippen LogP contribution in [-0.2, 0) is 93.3 Å². The van der Waals surface area contributed by atoms with Gasteiger partial charge in [0.2, 0.25) is 0 Å². The standard InChI is InChI=1S/5C16H11N2.C16H23.C8H7.C6H5.C6H11.C2H3.5Ni/c5*1-3-10-17-15(8-1)13-6-5-7-14(12-13)16-9-2-4-11-18-16;1-8-12-9-13(15(2,3)4)11-14(10-12)16(5,6)7;1-2-8-6-4-3-5-7-8;1-2-4-6-5-3-1;1-5-6(2,3)4;1-2;;;;;/h5*1-11H;1,8-11H,2-7H3;1-7H;1-5H;1,5H,2-4H3;1H,2H2;;;;;/q10*-1;5*+2. The second kappa shape index (κ2) is 61.4. The van der Waals surface area contributed by atoms with Gasteiger partial charge in [-0.3, -0.25) is 75.7 Å². The summed E-state index contributed by atoms with van der Waals surface area (Å²) in [6, 6.07) is 134. The Morgan fingerprint density at radius 2 is 0.391 bits per heavy atom. The number of aromatic nitrogens is 10. The number of pyridine rings is 10. The third-order valence-electron chi connectivity index (χ3n) is 18.4. The van der Waals surface area contributed by atoms with Crippen LogP contribution >= 0.6 is 0 Å². The van der Waals surface area contributed by atoms with Gasteiger partial charge in [-0.15, -0.1) is 146 Å². The van der Waals surface area contributed by atoms with Gasteiger partial charge in [0.1, 0.15) is 0 Å². The third-order valence-corrected chi connectivity index (χ3v) is 18.4. The monoisotopic (exact) mass is 1950 g/mol. The predicted molar refractivity (Wildman–Crippen MR) is 530 cm³/mol. The zero-order valence-electron chi connectivity index (χ0n) is 75.6. The average molecular weight is 1960 g/mol. The summed E-state index contributed by atoms with van der Waals surface area (Å²) >= 11 is 0. The van der Waals surface area contributed by atoms with Crippen LogP contribution in [0.2, 0.25) is 0 Å². The average Bonchev–Trinajstić information content (AvgIpc) is 0.801. The van der Waals surface area contributed by atoms with Gasteiger partial charge in [-0.2, -0.15) is 47.5 Å². The van der Waals surface area contributed by atoms with Crippen LogP contribution < -0.4 is 0 Å². The molecule has 0 N–H and O–H groups in total. The van der Waals surface area contributed by atoms with Crippen molar-refractivity contribution in [3.8, 4) is 113 Å². The van der Waals surface area contributed by atoms with E-state index in [1.165, 1.54) is 11.1 Å². The maximum absolute atomic E-state index is 5.65. The fraction of sp³-hybridized carbons (Fsp3) is 0.102. The van der Waals surface area contributed by atoms with Crippen molar-refractivity contribution in [2.45, 2.75) is 73.1 Å². The summed E-state index contributed by atoms with van der Waals surface area (Å²) in [5.74, 6) is 0. The van der Waals surface area contributed by atoms with Crippen LogP contribution in [0.3, 0.4) is 0 Å². The van der Waals surface area contributed by atoms with Gasteiger partial charge in [-0.1, -0.05) is 280 Å². The molecule has 10 nitrogen and oxygen atoms in total. The first kappa shape index (κ1) is 112. The van der Waals surface area contributed by atoms with Gasteiger partial charge in [0.05, 0.1) is 0 Å². The first-order valence-electron chi connectivity index (χ1n) is 41.8. The summed E-state index contributed by atoms with van der Waals surface area (Å²) < 4.78 is 0. The van der Waals surface area contributed by atoms with Gasteiger partial charge in [-0.25, -0.2) is 12.2 Å². The molecule has 0 bridgehead atoms. The Morgan fingerprint density at radius 3 is 0.511 bits per heavy atom. The van der Waals surface area contributed by atoms with Crippen molar-refractivity contribution < 1.29 is 82.5 Å². The fourth-order valence-electron chi connectivity index (χ4n) is 11.6. The summed E-state index contributed by atoms with van der Waals surface area (Å²) in [5, 5.41) is 0. The van der Waals surface area contributed by atoms with Crippen molar-refractivity contribution in [1.82, 2.24) is 49.8 Å². The predicted octanol–water partition coefficient (Wildman–Crippen LogP) is 29.0. The van der Waals surface area contributed by atoms with Gasteiger partial charge in [0, 0.05) is 119 Å². The van der Waals surface area contributed by atoms with Gasteiger partial charge in [0.25, 0.3) is 0 Å². The Balaban J connectivity index is 0.000000317. The molecule has 0 saturated carbocycles.